The number of carbonyl (C=O) groups excluding carboxylic acids is 1. The van der Waals surface area contributed by atoms with Gasteiger partial charge in [-0.1, -0.05) is 42.5 Å². The fourth-order valence-electron chi connectivity index (χ4n) is 4.17. The van der Waals surface area contributed by atoms with Crippen molar-refractivity contribution in [2.24, 2.45) is 23.7 Å². The summed E-state index contributed by atoms with van der Waals surface area (Å²) >= 11 is 0. The van der Waals surface area contributed by atoms with Crippen LogP contribution in [0.3, 0.4) is 0 Å². The number of fused-ring (bicyclic) bond motifs is 2. The van der Waals surface area contributed by atoms with Crippen molar-refractivity contribution >= 4 is 11.9 Å². The number of allylic oxidation sites excluding steroid dienone is 2. The van der Waals surface area contributed by atoms with E-state index in [0.717, 1.165) is 23.1 Å². The highest BCUT2D eigenvalue weighted by molar-refractivity contribution is 5.86. The van der Waals surface area contributed by atoms with Gasteiger partial charge in [-0.15, -0.1) is 0 Å². The third kappa shape index (κ3) is 3.01. The molecule has 2 bridgehead atoms. The second kappa shape index (κ2) is 6.75. The quantitative estimate of drug-likeness (QED) is 0.815. The summed E-state index contributed by atoms with van der Waals surface area (Å²) in [6.07, 6.45) is 8.27. The molecule has 0 saturated heterocycles. The molecule has 2 aromatic rings. The van der Waals surface area contributed by atoms with Crippen LogP contribution in [0.1, 0.15) is 12.0 Å². The number of benzene rings is 1. The number of nitrogens with one attached hydrogen (secondary N) is 1. The first-order chi connectivity index (χ1) is 12.6. The van der Waals surface area contributed by atoms with Crippen LogP contribution in [0.5, 0.6) is 0 Å². The molecule has 0 aliphatic heterocycles. The van der Waals surface area contributed by atoms with Crippen LogP contribution < -0.4 is 5.32 Å². The highest BCUT2D eigenvalue weighted by Crippen LogP contribution is 2.48. The molecule has 1 saturated carbocycles. The first-order valence-corrected chi connectivity index (χ1v) is 8.81. The van der Waals surface area contributed by atoms with E-state index >= 15 is 0 Å². The molecule has 1 heterocycles. The van der Waals surface area contributed by atoms with Crippen LogP contribution in [0.25, 0.3) is 11.1 Å². The summed E-state index contributed by atoms with van der Waals surface area (Å²) in [6, 6.07) is 11.8. The molecule has 1 aromatic carbocycles. The van der Waals surface area contributed by atoms with Gasteiger partial charge in [0.2, 0.25) is 5.91 Å². The van der Waals surface area contributed by atoms with Crippen molar-refractivity contribution in [1.82, 2.24) is 10.3 Å². The lowest BCUT2D eigenvalue weighted by Gasteiger charge is -2.23. The van der Waals surface area contributed by atoms with Gasteiger partial charge in [0, 0.05) is 18.9 Å². The largest absolute Gasteiger partial charge is 0.481 e. The van der Waals surface area contributed by atoms with E-state index in [1.165, 1.54) is 0 Å². The van der Waals surface area contributed by atoms with E-state index < -0.39 is 17.8 Å². The third-order valence-electron chi connectivity index (χ3n) is 5.46. The lowest BCUT2D eigenvalue weighted by Crippen LogP contribution is -2.39. The van der Waals surface area contributed by atoms with Gasteiger partial charge in [0.15, 0.2) is 0 Å². The van der Waals surface area contributed by atoms with E-state index in [0.29, 0.717) is 6.54 Å². The van der Waals surface area contributed by atoms with Crippen LogP contribution in [0, 0.1) is 23.7 Å². The SMILES string of the molecule is O=C(O)C1C2C=CC(C2)C1C(=O)NCc1ccc(-c2cccnc2)cc1. The van der Waals surface area contributed by atoms with Gasteiger partial charge in [-0.25, -0.2) is 0 Å². The standard InChI is InChI=1S/C21H20N2O3/c24-20(18-15-7-8-16(10-15)19(18)21(25)26)23-11-13-3-5-14(6-4-13)17-2-1-9-22-12-17/h1-9,12,15-16,18-19H,10-11H2,(H,23,24)(H,25,26). The van der Waals surface area contributed by atoms with Crippen LogP contribution in [0.2, 0.25) is 0 Å². The Morgan fingerprint density at radius 1 is 1.04 bits per heavy atom. The molecule has 1 aromatic heterocycles. The van der Waals surface area contributed by atoms with Crippen molar-refractivity contribution in [3.8, 4) is 11.1 Å². The molecule has 5 nitrogen and oxygen atoms in total. The molecule has 26 heavy (non-hydrogen) atoms. The van der Waals surface area contributed by atoms with E-state index in [1.54, 1.807) is 6.20 Å². The van der Waals surface area contributed by atoms with Gasteiger partial charge >= 0.3 is 5.97 Å². The number of carboxylic acids is 1. The third-order valence-corrected chi connectivity index (χ3v) is 5.46. The Morgan fingerprint density at radius 3 is 2.42 bits per heavy atom. The first-order valence-electron chi connectivity index (χ1n) is 8.81. The minimum Gasteiger partial charge on any atom is -0.481 e. The van der Waals surface area contributed by atoms with Gasteiger partial charge in [0.05, 0.1) is 11.8 Å². The second-order valence-electron chi connectivity index (χ2n) is 6.99. The molecule has 0 radical (unpaired) electrons. The molecule has 132 valence electrons. The van der Waals surface area contributed by atoms with E-state index in [9.17, 15) is 14.7 Å². The zero-order valence-electron chi connectivity index (χ0n) is 14.2. The predicted octanol–water partition coefficient (Wildman–Crippen LogP) is 2.89. The maximum Gasteiger partial charge on any atom is 0.307 e. The van der Waals surface area contributed by atoms with Crippen molar-refractivity contribution in [2.45, 2.75) is 13.0 Å². The summed E-state index contributed by atoms with van der Waals surface area (Å²) in [5.41, 5.74) is 3.09. The van der Waals surface area contributed by atoms with Crippen molar-refractivity contribution < 1.29 is 14.7 Å². The number of hydrogen-bond donors (Lipinski definition) is 2. The Labute approximate surface area is 151 Å². The molecule has 2 aliphatic rings. The Morgan fingerprint density at radius 2 is 1.77 bits per heavy atom. The smallest absolute Gasteiger partial charge is 0.307 e. The van der Waals surface area contributed by atoms with Crippen molar-refractivity contribution in [2.75, 3.05) is 0 Å². The van der Waals surface area contributed by atoms with Gasteiger partial charge in [-0.3, -0.25) is 14.6 Å². The van der Waals surface area contributed by atoms with E-state index in [-0.39, 0.29) is 17.7 Å². The summed E-state index contributed by atoms with van der Waals surface area (Å²) < 4.78 is 0. The predicted molar refractivity (Wildman–Crippen MR) is 96.9 cm³/mol. The number of carboxylic acid groups (broad SMARTS) is 1. The van der Waals surface area contributed by atoms with Gasteiger partial charge in [0.25, 0.3) is 0 Å². The number of nitrogens with zero attached hydrogens (tertiary/aromatic N) is 1. The molecule has 2 N–H and O–H groups in total. The fourth-order valence-corrected chi connectivity index (χ4v) is 4.17. The molecular weight excluding hydrogens is 328 g/mol. The molecule has 1 amide bonds. The number of aliphatic carboxylic acids is 1. The average Bonchev–Trinajstić information content (AvgIpc) is 3.29. The Kier molecular flexibility index (Phi) is 4.29. The molecule has 1 fully saturated rings. The van der Waals surface area contributed by atoms with E-state index in [1.807, 2.05) is 54.7 Å². The zero-order chi connectivity index (χ0) is 18.1. The monoisotopic (exact) mass is 348 g/mol. The van der Waals surface area contributed by atoms with Crippen LogP contribution in [-0.2, 0) is 16.1 Å². The summed E-state index contributed by atoms with van der Waals surface area (Å²) in [6.45, 7) is 0.399. The topological polar surface area (TPSA) is 79.3 Å². The number of carbonyl (C=O) groups is 2. The molecule has 0 spiro atoms. The Hall–Kier alpha value is -2.95. The van der Waals surface area contributed by atoms with E-state index in [4.69, 9.17) is 0 Å². The van der Waals surface area contributed by atoms with Gasteiger partial charge < -0.3 is 10.4 Å². The van der Waals surface area contributed by atoms with Crippen LogP contribution in [0.4, 0.5) is 0 Å². The van der Waals surface area contributed by atoms with Gasteiger partial charge in [0.1, 0.15) is 0 Å². The highest BCUT2D eigenvalue weighted by Gasteiger charge is 2.51. The summed E-state index contributed by atoms with van der Waals surface area (Å²) in [5.74, 6) is -2.05. The molecule has 4 atom stereocenters. The van der Waals surface area contributed by atoms with Crippen LogP contribution in [-0.4, -0.2) is 22.0 Å². The van der Waals surface area contributed by atoms with Crippen molar-refractivity contribution in [3.63, 3.8) is 0 Å². The number of rotatable bonds is 5. The molecule has 4 rings (SSSR count). The second-order valence-corrected chi connectivity index (χ2v) is 6.99. The Bertz CT molecular complexity index is 845. The lowest BCUT2D eigenvalue weighted by molar-refractivity contribution is -0.147. The molecule has 4 unspecified atom stereocenters. The Balaban J connectivity index is 1.40. The van der Waals surface area contributed by atoms with Gasteiger partial charge in [-0.05, 0) is 41.0 Å². The lowest BCUT2D eigenvalue weighted by atomic mass is 9.82. The van der Waals surface area contributed by atoms with Crippen molar-refractivity contribution in [3.05, 3.63) is 66.5 Å². The zero-order valence-corrected chi connectivity index (χ0v) is 14.2. The normalized spacial score (nSPS) is 26.0. The van der Waals surface area contributed by atoms with Gasteiger partial charge in [-0.2, -0.15) is 0 Å². The summed E-state index contributed by atoms with van der Waals surface area (Å²) in [5, 5.41) is 12.4. The molecule has 5 heteroatoms. The average molecular weight is 348 g/mol. The number of aromatic nitrogens is 1. The van der Waals surface area contributed by atoms with Crippen LogP contribution in [0.15, 0.2) is 60.9 Å². The number of amides is 1. The fraction of sp³-hybridized carbons (Fsp3) is 0.286. The summed E-state index contributed by atoms with van der Waals surface area (Å²) in [7, 11) is 0. The summed E-state index contributed by atoms with van der Waals surface area (Å²) in [4.78, 5) is 28.2. The molecule has 2 aliphatic carbocycles. The highest BCUT2D eigenvalue weighted by atomic mass is 16.4. The van der Waals surface area contributed by atoms with Crippen LogP contribution >= 0.6 is 0 Å². The first kappa shape index (κ1) is 16.5. The maximum absolute atomic E-state index is 12.6. The molecular formula is C21H20N2O3. The minimum atomic E-state index is -0.872. The number of hydrogen-bond acceptors (Lipinski definition) is 3. The number of pyridine rings is 1. The maximum atomic E-state index is 12.6. The van der Waals surface area contributed by atoms with Crippen molar-refractivity contribution in [1.29, 1.82) is 0 Å². The minimum absolute atomic E-state index is 0.00739. The van der Waals surface area contributed by atoms with E-state index in [2.05, 4.69) is 10.3 Å².